The normalized spacial score (nSPS) is 10.7. The van der Waals surface area contributed by atoms with E-state index in [0.717, 1.165) is 6.54 Å². The summed E-state index contributed by atoms with van der Waals surface area (Å²) in [4.78, 5) is 5.14. The van der Waals surface area contributed by atoms with Crippen molar-refractivity contribution in [2.24, 2.45) is 5.92 Å². The van der Waals surface area contributed by atoms with Gasteiger partial charge in [-0.25, -0.2) is 0 Å². The molecule has 4 nitrogen and oxygen atoms in total. The number of nitrogens with zero attached hydrogens (tertiary/aromatic N) is 2. The standard InChI is InChI=1S/C7H13N3OS/c1-5(2)4-10(3)6-8-7(12)11-9-6/h5H,4H2,1-3H3,(H,8,9,12). The zero-order chi connectivity index (χ0) is 9.14. The van der Waals surface area contributed by atoms with Crippen molar-refractivity contribution in [2.75, 3.05) is 18.5 Å². The number of aromatic amines is 1. The Morgan fingerprint density at radius 3 is 2.75 bits per heavy atom. The van der Waals surface area contributed by atoms with E-state index in [2.05, 4.69) is 24.0 Å². The van der Waals surface area contributed by atoms with E-state index in [1.165, 1.54) is 0 Å². The third kappa shape index (κ3) is 2.34. The van der Waals surface area contributed by atoms with Crippen molar-refractivity contribution >= 4 is 18.2 Å². The molecule has 0 unspecified atom stereocenters. The van der Waals surface area contributed by atoms with Gasteiger partial charge in [0.05, 0.1) is 0 Å². The lowest BCUT2D eigenvalue weighted by Gasteiger charge is -2.16. The number of nitrogens with one attached hydrogen (secondary N) is 1. The molecule has 0 aliphatic carbocycles. The Morgan fingerprint density at radius 1 is 1.67 bits per heavy atom. The van der Waals surface area contributed by atoms with Crippen LogP contribution in [0.15, 0.2) is 4.52 Å². The van der Waals surface area contributed by atoms with Crippen LogP contribution < -0.4 is 4.90 Å². The van der Waals surface area contributed by atoms with Crippen molar-refractivity contribution < 1.29 is 4.52 Å². The minimum absolute atomic E-state index is 0.320. The van der Waals surface area contributed by atoms with Crippen molar-refractivity contribution in [1.29, 1.82) is 0 Å². The molecule has 0 bridgehead atoms. The predicted molar refractivity (Wildman–Crippen MR) is 49.8 cm³/mol. The second-order valence-corrected chi connectivity index (χ2v) is 3.56. The SMILES string of the molecule is CC(C)CN(C)c1noc(=S)[nH]1. The molecule has 5 heteroatoms. The van der Waals surface area contributed by atoms with Crippen molar-refractivity contribution in [2.45, 2.75) is 13.8 Å². The van der Waals surface area contributed by atoms with Gasteiger partial charge in [-0.1, -0.05) is 13.8 Å². The maximum atomic E-state index is 4.75. The molecule has 1 N–H and O–H groups in total. The van der Waals surface area contributed by atoms with Gasteiger partial charge in [-0.05, 0) is 23.3 Å². The van der Waals surface area contributed by atoms with Gasteiger partial charge in [0.25, 0.3) is 4.84 Å². The van der Waals surface area contributed by atoms with Crippen LogP contribution in [0.5, 0.6) is 0 Å². The molecule has 0 atom stereocenters. The van der Waals surface area contributed by atoms with E-state index in [1.807, 2.05) is 11.9 Å². The summed E-state index contributed by atoms with van der Waals surface area (Å²) < 4.78 is 4.73. The highest BCUT2D eigenvalue weighted by Gasteiger charge is 2.06. The minimum Gasteiger partial charge on any atom is -0.343 e. The van der Waals surface area contributed by atoms with Crippen LogP contribution in [0.3, 0.4) is 0 Å². The monoisotopic (exact) mass is 187 g/mol. The molecule has 1 aromatic heterocycles. The van der Waals surface area contributed by atoms with Gasteiger partial charge < -0.3 is 9.42 Å². The largest absolute Gasteiger partial charge is 0.343 e. The van der Waals surface area contributed by atoms with Gasteiger partial charge in [0.15, 0.2) is 0 Å². The first-order valence-electron chi connectivity index (χ1n) is 3.86. The van der Waals surface area contributed by atoms with Crippen LogP contribution in [-0.2, 0) is 0 Å². The van der Waals surface area contributed by atoms with Crippen LogP contribution in [0.25, 0.3) is 0 Å². The first kappa shape index (κ1) is 9.25. The Morgan fingerprint density at radius 2 is 2.33 bits per heavy atom. The molecule has 0 aliphatic heterocycles. The molecule has 0 aliphatic rings. The molecule has 12 heavy (non-hydrogen) atoms. The summed E-state index contributed by atoms with van der Waals surface area (Å²) in [6.07, 6.45) is 0. The summed E-state index contributed by atoms with van der Waals surface area (Å²) in [7, 11) is 1.95. The summed E-state index contributed by atoms with van der Waals surface area (Å²) >= 11 is 4.75. The summed E-state index contributed by atoms with van der Waals surface area (Å²) in [6.45, 7) is 5.22. The predicted octanol–water partition coefficient (Wildman–Crippen LogP) is 1.82. The molecule has 0 fully saturated rings. The highest BCUT2D eigenvalue weighted by Crippen LogP contribution is 2.06. The van der Waals surface area contributed by atoms with Gasteiger partial charge in [-0.15, -0.1) is 0 Å². The van der Waals surface area contributed by atoms with Gasteiger partial charge >= 0.3 is 0 Å². The van der Waals surface area contributed by atoms with E-state index in [0.29, 0.717) is 16.7 Å². The van der Waals surface area contributed by atoms with Crippen LogP contribution in [-0.4, -0.2) is 23.7 Å². The number of hydrogen-bond acceptors (Lipinski definition) is 4. The van der Waals surface area contributed by atoms with Crippen LogP contribution in [0.4, 0.5) is 5.95 Å². The Balaban J connectivity index is 2.65. The van der Waals surface area contributed by atoms with Gasteiger partial charge in [0, 0.05) is 13.6 Å². The van der Waals surface area contributed by atoms with Crippen LogP contribution >= 0.6 is 12.2 Å². The van der Waals surface area contributed by atoms with E-state index in [-0.39, 0.29) is 0 Å². The topological polar surface area (TPSA) is 45.1 Å². The van der Waals surface area contributed by atoms with Crippen molar-refractivity contribution in [3.63, 3.8) is 0 Å². The Hall–Kier alpha value is -0.840. The molecule has 0 aromatic carbocycles. The van der Waals surface area contributed by atoms with E-state index >= 15 is 0 Å². The van der Waals surface area contributed by atoms with E-state index < -0.39 is 0 Å². The number of hydrogen-bond donors (Lipinski definition) is 1. The minimum atomic E-state index is 0.320. The highest BCUT2D eigenvalue weighted by atomic mass is 32.1. The number of H-pyrrole nitrogens is 1. The lowest BCUT2D eigenvalue weighted by molar-refractivity contribution is 0.403. The summed E-state index contributed by atoms with van der Waals surface area (Å²) in [5.41, 5.74) is 0. The molecule has 0 amide bonds. The average molecular weight is 187 g/mol. The lowest BCUT2D eigenvalue weighted by Crippen LogP contribution is -2.23. The van der Waals surface area contributed by atoms with Gasteiger partial charge in [0.2, 0.25) is 5.95 Å². The fourth-order valence-corrected chi connectivity index (χ4v) is 1.15. The first-order chi connectivity index (χ1) is 5.59. The maximum Gasteiger partial charge on any atom is 0.296 e. The highest BCUT2D eigenvalue weighted by molar-refractivity contribution is 7.71. The lowest BCUT2D eigenvalue weighted by atomic mass is 10.2. The molecular weight excluding hydrogens is 174 g/mol. The molecule has 0 saturated carbocycles. The third-order valence-corrected chi connectivity index (χ3v) is 1.61. The van der Waals surface area contributed by atoms with Crippen LogP contribution in [0.2, 0.25) is 0 Å². The fraction of sp³-hybridized carbons (Fsp3) is 0.714. The quantitative estimate of drug-likeness (QED) is 0.733. The third-order valence-electron chi connectivity index (χ3n) is 1.43. The van der Waals surface area contributed by atoms with Gasteiger partial charge in [0.1, 0.15) is 0 Å². The van der Waals surface area contributed by atoms with E-state index in [9.17, 15) is 0 Å². The van der Waals surface area contributed by atoms with Crippen molar-refractivity contribution in [1.82, 2.24) is 10.1 Å². The zero-order valence-corrected chi connectivity index (χ0v) is 8.31. The van der Waals surface area contributed by atoms with Gasteiger partial charge in [-0.2, -0.15) is 0 Å². The van der Waals surface area contributed by atoms with Crippen LogP contribution in [0, 0.1) is 10.8 Å². The zero-order valence-electron chi connectivity index (χ0n) is 7.50. The van der Waals surface area contributed by atoms with Gasteiger partial charge in [-0.3, -0.25) is 4.98 Å². The Kier molecular flexibility index (Phi) is 2.86. The summed E-state index contributed by atoms with van der Waals surface area (Å²) in [5.74, 6) is 1.28. The molecule has 68 valence electrons. The average Bonchev–Trinajstić information content (AvgIpc) is 2.34. The summed E-state index contributed by atoms with van der Waals surface area (Å²) in [5, 5.41) is 3.76. The molecule has 0 saturated heterocycles. The molecule has 1 heterocycles. The second-order valence-electron chi connectivity index (χ2n) is 3.19. The van der Waals surface area contributed by atoms with E-state index in [1.54, 1.807) is 0 Å². The van der Waals surface area contributed by atoms with Crippen molar-refractivity contribution in [3.05, 3.63) is 4.84 Å². The van der Waals surface area contributed by atoms with Crippen LogP contribution in [0.1, 0.15) is 13.8 Å². The molecule has 1 rings (SSSR count). The smallest absolute Gasteiger partial charge is 0.296 e. The molecule has 0 radical (unpaired) electrons. The maximum absolute atomic E-state index is 4.75. The number of rotatable bonds is 3. The molecular formula is C7H13N3OS. The summed E-state index contributed by atoms with van der Waals surface area (Å²) in [6, 6.07) is 0. The number of anilines is 1. The first-order valence-corrected chi connectivity index (χ1v) is 4.27. The fourth-order valence-electron chi connectivity index (χ4n) is 1.02. The molecule has 0 spiro atoms. The second kappa shape index (κ2) is 3.71. The molecule has 1 aromatic rings. The Bertz CT molecular complexity index is 291. The number of aromatic nitrogens is 2. The van der Waals surface area contributed by atoms with Crippen molar-refractivity contribution in [3.8, 4) is 0 Å². The van der Waals surface area contributed by atoms with E-state index in [4.69, 9.17) is 16.7 Å². The Labute approximate surface area is 76.6 Å².